The van der Waals surface area contributed by atoms with Crippen LogP contribution >= 0.6 is 0 Å². The molecule has 3 N–H and O–H groups in total. The molecule has 0 heterocycles. The maximum absolute atomic E-state index is 11.6. The molecule has 0 aliphatic carbocycles. The van der Waals surface area contributed by atoms with Crippen molar-refractivity contribution in [1.82, 2.24) is 5.32 Å². The first kappa shape index (κ1) is 16.5. The Kier molecular flexibility index (Phi) is 6.44. The summed E-state index contributed by atoms with van der Waals surface area (Å²) in [6.07, 6.45) is 1.33. The summed E-state index contributed by atoms with van der Waals surface area (Å²) >= 11 is 0. The minimum Gasteiger partial charge on any atom is -0.511 e. The summed E-state index contributed by atoms with van der Waals surface area (Å²) in [6.45, 7) is 9.14. The molecule has 0 aliphatic rings. The molecule has 0 saturated heterocycles. The van der Waals surface area contributed by atoms with Crippen molar-refractivity contribution in [3.8, 4) is 0 Å². The first-order valence-corrected chi connectivity index (χ1v) is 6.03. The topological polar surface area (TPSA) is 86.6 Å². The zero-order chi connectivity index (χ0) is 14.3. The number of carbonyl (C=O) groups excluding carboxylic acids is 1. The summed E-state index contributed by atoms with van der Waals surface area (Å²) in [4.78, 5) is 21.9. The van der Waals surface area contributed by atoms with E-state index in [2.05, 4.69) is 11.9 Å². The number of amides is 1. The van der Waals surface area contributed by atoms with Crippen LogP contribution in [-0.4, -0.2) is 28.1 Å². The number of unbranched alkanes of at least 4 members (excludes halogenated alkanes) is 1. The molecule has 104 valence electrons. The normalized spacial score (nSPS) is 12.8. The minimum atomic E-state index is -0.855. The molecule has 0 aliphatic heterocycles. The molecule has 0 rings (SSSR count). The second-order valence-corrected chi connectivity index (χ2v) is 5.46. The van der Waals surface area contributed by atoms with Gasteiger partial charge >= 0.3 is 5.97 Å². The lowest BCUT2D eigenvalue weighted by atomic mass is 9.85. The molecule has 1 amide bonds. The molecule has 0 fully saturated rings. The van der Waals surface area contributed by atoms with E-state index in [4.69, 9.17) is 5.11 Å². The van der Waals surface area contributed by atoms with Crippen LogP contribution in [0.4, 0.5) is 0 Å². The fourth-order valence-corrected chi connectivity index (χ4v) is 1.59. The summed E-state index contributed by atoms with van der Waals surface area (Å²) in [5, 5.41) is 20.6. The van der Waals surface area contributed by atoms with Crippen LogP contribution < -0.4 is 5.32 Å². The van der Waals surface area contributed by atoms with E-state index in [9.17, 15) is 14.7 Å². The maximum Gasteiger partial charge on any atom is 0.303 e. The van der Waals surface area contributed by atoms with Gasteiger partial charge in [0.25, 0.3) is 0 Å². The van der Waals surface area contributed by atoms with E-state index in [1.807, 2.05) is 20.8 Å². The van der Waals surface area contributed by atoms with E-state index in [-0.39, 0.29) is 29.9 Å². The van der Waals surface area contributed by atoms with E-state index < -0.39 is 12.0 Å². The van der Waals surface area contributed by atoms with E-state index in [1.54, 1.807) is 0 Å². The summed E-state index contributed by atoms with van der Waals surface area (Å²) < 4.78 is 0. The monoisotopic (exact) mass is 257 g/mol. The average Bonchev–Trinajstić information content (AvgIpc) is 2.18. The summed E-state index contributed by atoms with van der Waals surface area (Å²) in [6, 6.07) is -0.496. The Morgan fingerprint density at radius 3 is 2.06 bits per heavy atom. The predicted molar refractivity (Wildman–Crippen MR) is 69.3 cm³/mol. The lowest BCUT2D eigenvalue weighted by Gasteiger charge is -2.30. The number of hydrogen-bond donors (Lipinski definition) is 3. The summed E-state index contributed by atoms with van der Waals surface area (Å²) in [7, 11) is 0. The zero-order valence-electron chi connectivity index (χ0n) is 11.3. The van der Waals surface area contributed by atoms with Crippen molar-refractivity contribution in [2.75, 3.05) is 0 Å². The Hall–Kier alpha value is -1.52. The largest absolute Gasteiger partial charge is 0.511 e. The summed E-state index contributed by atoms with van der Waals surface area (Å²) in [5.41, 5.74) is -0.317. The van der Waals surface area contributed by atoms with Crippen LogP contribution in [0.25, 0.3) is 0 Å². The maximum atomic E-state index is 11.6. The number of carboxylic acids is 1. The number of aliphatic carboxylic acids is 1. The second kappa shape index (κ2) is 7.03. The lowest BCUT2D eigenvalue weighted by Crippen LogP contribution is -2.44. The molecule has 0 aromatic carbocycles. The van der Waals surface area contributed by atoms with Crippen molar-refractivity contribution in [3.63, 3.8) is 0 Å². The van der Waals surface area contributed by atoms with Gasteiger partial charge in [0.2, 0.25) is 5.91 Å². The second-order valence-electron chi connectivity index (χ2n) is 5.46. The third-order valence-corrected chi connectivity index (χ3v) is 2.55. The molecular weight excluding hydrogens is 234 g/mol. The van der Waals surface area contributed by atoms with Crippen molar-refractivity contribution >= 4 is 11.9 Å². The van der Waals surface area contributed by atoms with Gasteiger partial charge in [-0.1, -0.05) is 27.4 Å². The number of rotatable bonds is 7. The van der Waals surface area contributed by atoms with Gasteiger partial charge in [0.05, 0.1) is 6.04 Å². The van der Waals surface area contributed by atoms with Crippen molar-refractivity contribution in [2.45, 2.75) is 52.5 Å². The van der Waals surface area contributed by atoms with E-state index in [0.29, 0.717) is 12.8 Å². The highest BCUT2D eigenvalue weighted by Crippen LogP contribution is 2.23. The van der Waals surface area contributed by atoms with Gasteiger partial charge in [-0.2, -0.15) is 0 Å². The van der Waals surface area contributed by atoms with Crippen LogP contribution in [0.2, 0.25) is 0 Å². The quantitative estimate of drug-likeness (QED) is 0.482. The van der Waals surface area contributed by atoms with Crippen LogP contribution in [0, 0.1) is 5.41 Å². The van der Waals surface area contributed by atoms with Crippen LogP contribution in [0.3, 0.4) is 0 Å². The van der Waals surface area contributed by atoms with E-state index in [1.165, 1.54) is 0 Å². The number of nitrogens with one attached hydrogen (secondary N) is 1. The summed E-state index contributed by atoms with van der Waals surface area (Å²) in [5.74, 6) is -1.12. The van der Waals surface area contributed by atoms with Gasteiger partial charge in [0.1, 0.15) is 5.76 Å². The van der Waals surface area contributed by atoms with Gasteiger partial charge < -0.3 is 15.5 Å². The fraction of sp³-hybridized carbons (Fsp3) is 0.692. The Labute approximate surface area is 108 Å². The molecule has 0 bridgehead atoms. The number of hydrogen-bond acceptors (Lipinski definition) is 3. The molecule has 18 heavy (non-hydrogen) atoms. The van der Waals surface area contributed by atoms with Gasteiger partial charge in [-0.3, -0.25) is 9.59 Å². The standard InChI is InChI=1S/C13H23NO4/c1-9(15)12(13(2,3)4)14-10(16)7-5-6-8-11(17)18/h12,15H,1,5-8H2,2-4H3,(H,14,16)(H,17,18). The zero-order valence-corrected chi connectivity index (χ0v) is 11.3. The molecule has 0 aromatic rings. The molecule has 0 radical (unpaired) electrons. The van der Waals surface area contributed by atoms with Crippen LogP contribution in [0.5, 0.6) is 0 Å². The van der Waals surface area contributed by atoms with Gasteiger partial charge in [-0.25, -0.2) is 0 Å². The molecule has 1 atom stereocenters. The molecule has 1 unspecified atom stereocenters. The van der Waals surface area contributed by atoms with Crippen LogP contribution in [-0.2, 0) is 9.59 Å². The smallest absolute Gasteiger partial charge is 0.303 e. The Balaban J connectivity index is 4.12. The third kappa shape index (κ3) is 6.93. The fourth-order valence-electron chi connectivity index (χ4n) is 1.59. The highest BCUT2D eigenvalue weighted by atomic mass is 16.4. The van der Waals surface area contributed by atoms with E-state index in [0.717, 1.165) is 0 Å². The Bertz CT molecular complexity index is 317. The highest BCUT2D eigenvalue weighted by Gasteiger charge is 2.28. The Morgan fingerprint density at radius 2 is 1.67 bits per heavy atom. The molecule has 5 nitrogen and oxygen atoms in total. The SMILES string of the molecule is C=C(O)C(NC(=O)CCCCC(=O)O)C(C)(C)C. The van der Waals surface area contributed by atoms with Crippen molar-refractivity contribution in [1.29, 1.82) is 0 Å². The number of carbonyl (C=O) groups is 2. The lowest BCUT2D eigenvalue weighted by molar-refractivity contribution is -0.137. The van der Waals surface area contributed by atoms with Crippen molar-refractivity contribution in [2.24, 2.45) is 5.41 Å². The minimum absolute atomic E-state index is 0.0682. The predicted octanol–water partition coefficient (Wildman–Crippen LogP) is 2.23. The molecule has 0 aromatic heterocycles. The average molecular weight is 257 g/mol. The number of carboxylic acid groups (broad SMARTS) is 1. The van der Waals surface area contributed by atoms with Gasteiger partial charge in [-0.05, 0) is 18.3 Å². The van der Waals surface area contributed by atoms with Crippen LogP contribution in [0.15, 0.2) is 12.3 Å². The Morgan fingerprint density at radius 1 is 1.17 bits per heavy atom. The first-order valence-electron chi connectivity index (χ1n) is 6.03. The highest BCUT2D eigenvalue weighted by molar-refractivity contribution is 5.76. The van der Waals surface area contributed by atoms with Crippen LogP contribution in [0.1, 0.15) is 46.5 Å². The van der Waals surface area contributed by atoms with Gasteiger partial charge in [0, 0.05) is 12.8 Å². The van der Waals surface area contributed by atoms with Crippen molar-refractivity contribution in [3.05, 3.63) is 12.3 Å². The van der Waals surface area contributed by atoms with Gasteiger partial charge in [0.15, 0.2) is 0 Å². The number of aliphatic hydroxyl groups is 1. The molecular formula is C13H23NO4. The van der Waals surface area contributed by atoms with Gasteiger partial charge in [-0.15, -0.1) is 0 Å². The molecule has 0 spiro atoms. The third-order valence-electron chi connectivity index (χ3n) is 2.55. The van der Waals surface area contributed by atoms with E-state index >= 15 is 0 Å². The number of aliphatic hydroxyl groups excluding tert-OH is 1. The first-order chi connectivity index (χ1) is 8.14. The van der Waals surface area contributed by atoms with Crippen molar-refractivity contribution < 1.29 is 19.8 Å². The molecule has 5 heteroatoms. The molecule has 0 saturated carbocycles.